The molecule has 2 fully saturated rings. The van der Waals surface area contributed by atoms with E-state index in [2.05, 4.69) is 10.6 Å². The third-order valence-corrected chi connectivity index (χ3v) is 3.11. The van der Waals surface area contributed by atoms with Crippen LogP contribution in [0.1, 0.15) is 0 Å². The van der Waals surface area contributed by atoms with Crippen molar-refractivity contribution in [2.45, 2.75) is 6.04 Å². The summed E-state index contributed by atoms with van der Waals surface area (Å²) in [6.07, 6.45) is 0. The first-order valence-corrected chi connectivity index (χ1v) is 5.59. The maximum absolute atomic E-state index is 11.8. The molecule has 4 amide bonds. The van der Waals surface area contributed by atoms with Crippen molar-refractivity contribution in [1.29, 1.82) is 0 Å². The summed E-state index contributed by atoms with van der Waals surface area (Å²) in [4.78, 5) is 46.0. The van der Waals surface area contributed by atoms with E-state index in [1.165, 1.54) is 0 Å². The SMILES string of the molecule is O=C1CN(C(=O)C2CSC(=O)N2)CC(=O)N1. The van der Waals surface area contributed by atoms with Crippen LogP contribution >= 0.6 is 11.8 Å². The Morgan fingerprint density at radius 2 is 1.88 bits per heavy atom. The van der Waals surface area contributed by atoms with Crippen LogP contribution in [0.2, 0.25) is 0 Å². The molecular weight excluding hydrogens is 234 g/mol. The highest BCUT2D eigenvalue weighted by atomic mass is 32.2. The Labute approximate surface area is 94.9 Å². The number of nitrogens with one attached hydrogen (secondary N) is 2. The lowest BCUT2D eigenvalue weighted by Gasteiger charge is -2.27. The molecule has 8 heteroatoms. The fraction of sp³-hybridized carbons (Fsp3) is 0.500. The van der Waals surface area contributed by atoms with Gasteiger partial charge in [0, 0.05) is 5.75 Å². The van der Waals surface area contributed by atoms with E-state index in [0.717, 1.165) is 16.7 Å². The van der Waals surface area contributed by atoms with Crippen molar-refractivity contribution in [3.63, 3.8) is 0 Å². The van der Waals surface area contributed by atoms with Crippen LogP contribution in [0.25, 0.3) is 0 Å². The van der Waals surface area contributed by atoms with E-state index in [0.29, 0.717) is 5.75 Å². The third kappa shape index (κ3) is 2.16. The predicted octanol–water partition coefficient (Wildman–Crippen LogP) is -1.70. The third-order valence-electron chi connectivity index (χ3n) is 2.23. The van der Waals surface area contributed by atoms with Crippen molar-refractivity contribution in [3.8, 4) is 0 Å². The second-order valence-electron chi connectivity index (χ2n) is 3.46. The van der Waals surface area contributed by atoms with Crippen LogP contribution in [0.5, 0.6) is 0 Å². The van der Waals surface area contributed by atoms with Gasteiger partial charge in [-0.1, -0.05) is 11.8 Å². The second-order valence-corrected chi connectivity index (χ2v) is 4.45. The van der Waals surface area contributed by atoms with Crippen molar-refractivity contribution >= 4 is 34.7 Å². The average Bonchev–Trinajstić information content (AvgIpc) is 2.62. The van der Waals surface area contributed by atoms with E-state index in [1.54, 1.807) is 0 Å². The van der Waals surface area contributed by atoms with Gasteiger partial charge in [-0.05, 0) is 0 Å². The molecule has 7 nitrogen and oxygen atoms in total. The zero-order valence-electron chi connectivity index (χ0n) is 8.19. The van der Waals surface area contributed by atoms with Crippen LogP contribution in [0.15, 0.2) is 0 Å². The van der Waals surface area contributed by atoms with Gasteiger partial charge in [0.25, 0.3) is 5.24 Å². The molecule has 0 radical (unpaired) electrons. The lowest BCUT2D eigenvalue weighted by Crippen LogP contribution is -2.57. The monoisotopic (exact) mass is 243 g/mol. The lowest BCUT2D eigenvalue weighted by molar-refractivity contribution is -0.145. The number of imide groups is 1. The Balaban J connectivity index is 2.01. The molecule has 1 unspecified atom stereocenters. The second kappa shape index (κ2) is 4.12. The molecule has 0 saturated carbocycles. The Morgan fingerprint density at radius 3 is 2.38 bits per heavy atom. The molecule has 2 heterocycles. The first kappa shape index (κ1) is 10.9. The van der Waals surface area contributed by atoms with Crippen LogP contribution in [0.4, 0.5) is 4.79 Å². The largest absolute Gasteiger partial charge is 0.334 e. The number of amides is 4. The molecule has 1 atom stereocenters. The average molecular weight is 243 g/mol. The number of nitrogens with zero attached hydrogens (tertiary/aromatic N) is 1. The first-order chi connectivity index (χ1) is 7.56. The van der Waals surface area contributed by atoms with Crippen LogP contribution < -0.4 is 10.6 Å². The summed E-state index contributed by atoms with van der Waals surface area (Å²) in [6.45, 7) is -0.275. The molecule has 2 N–H and O–H groups in total. The normalized spacial score (nSPS) is 25.4. The summed E-state index contributed by atoms with van der Waals surface area (Å²) in [5.41, 5.74) is 0. The minimum Gasteiger partial charge on any atom is -0.334 e. The van der Waals surface area contributed by atoms with Gasteiger partial charge in [0.05, 0.1) is 0 Å². The number of thioether (sulfide) groups is 1. The zero-order chi connectivity index (χ0) is 11.7. The minimum absolute atomic E-state index is 0.137. The standard InChI is InChI=1S/C8H9N3O4S/c12-5-1-11(2-6(13)10-5)7(14)4-3-16-8(15)9-4/h4H,1-3H2,(H,9,15)(H,10,12,13). The Hall–Kier alpha value is -1.57. The van der Waals surface area contributed by atoms with E-state index in [-0.39, 0.29) is 24.2 Å². The number of piperazine rings is 1. The molecule has 0 aromatic heterocycles. The van der Waals surface area contributed by atoms with Gasteiger partial charge in [-0.3, -0.25) is 24.5 Å². The number of carbonyl (C=O) groups is 4. The molecule has 2 aliphatic heterocycles. The Kier molecular flexibility index (Phi) is 2.82. The summed E-state index contributed by atoms with van der Waals surface area (Å²) in [6, 6.07) is -0.629. The molecule has 2 saturated heterocycles. The van der Waals surface area contributed by atoms with Gasteiger partial charge in [0.2, 0.25) is 17.7 Å². The van der Waals surface area contributed by atoms with Gasteiger partial charge < -0.3 is 10.2 Å². The van der Waals surface area contributed by atoms with Gasteiger partial charge in [0.1, 0.15) is 19.1 Å². The van der Waals surface area contributed by atoms with E-state index in [9.17, 15) is 19.2 Å². The van der Waals surface area contributed by atoms with Gasteiger partial charge in [0.15, 0.2) is 0 Å². The topological polar surface area (TPSA) is 95.6 Å². The van der Waals surface area contributed by atoms with Crippen molar-refractivity contribution in [3.05, 3.63) is 0 Å². The molecule has 0 aromatic carbocycles. The lowest BCUT2D eigenvalue weighted by atomic mass is 10.2. The van der Waals surface area contributed by atoms with E-state index in [1.807, 2.05) is 0 Å². The molecular formula is C8H9N3O4S. The quantitative estimate of drug-likeness (QED) is 0.535. The van der Waals surface area contributed by atoms with Gasteiger partial charge in [-0.15, -0.1) is 0 Å². The van der Waals surface area contributed by atoms with Crippen LogP contribution in [0.3, 0.4) is 0 Å². The molecule has 0 aromatic rings. The van der Waals surface area contributed by atoms with Crippen molar-refractivity contribution in [2.24, 2.45) is 0 Å². The predicted molar refractivity (Wildman–Crippen MR) is 54.5 cm³/mol. The Morgan fingerprint density at radius 1 is 1.25 bits per heavy atom. The van der Waals surface area contributed by atoms with Gasteiger partial charge in [-0.2, -0.15) is 0 Å². The summed E-state index contributed by atoms with van der Waals surface area (Å²) in [5.74, 6) is -1.05. The van der Waals surface area contributed by atoms with Crippen LogP contribution in [-0.4, -0.2) is 52.7 Å². The number of hydrogen-bond donors (Lipinski definition) is 2. The smallest absolute Gasteiger partial charge is 0.279 e. The molecule has 2 aliphatic rings. The summed E-state index contributed by atoms with van der Waals surface area (Å²) in [7, 11) is 0. The summed E-state index contributed by atoms with van der Waals surface area (Å²) >= 11 is 1.02. The molecule has 2 rings (SSSR count). The van der Waals surface area contributed by atoms with E-state index < -0.39 is 17.9 Å². The summed E-state index contributed by atoms with van der Waals surface area (Å²) < 4.78 is 0. The first-order valence-electron chi connectivity index (χ1n) is 4.61. The Bertz CT molecular complexity index is 367. The van der Waals surface area contributed by atoms with Crippen molar-refractivity contribution in [1.82, 2.24) is 15.5 Å². The highest BCUT2D eigenvalue weighted by Gasteiger charge is 2.35. The van der Waals surface area contributed by atoms with Crippen LogP contribution in [0, 0.1) is 0 Å². The molecule has 16 heavy (non-hydrogen) atoms. The van der Waals surface area contributed by atoms with Crippen molar-refractivity contribution in [2.75, 3.05) is 18.8 Å². The number of hydrogen-bond acceptors (Lipinski definition) is 5. The maximum Gasteiger partial charge on any atom is 0.279 e. The fourth-order valence-electron chi connectivity index (χ4n) is 1.53. The minimum atomic E-state index is -0.629. The van der Waals surface area contributed by atoms with Gasteiger partial charge in [-0.25, -0.2) is 0 Å². The fourth-order valence-corrected chi connectivity index (χ4v) is 2.30. The van der Waals surface area contributed by atoms with Crippen molar-refractivity contribution < 1.29 is 19.2 Å². The zero-order valence-corrected chi connectivity index (χ0v) is 9.00. The summed E-state index contributed by atoms with van der Waals surface area (Å²) in [5, 5.41) is 4.31. The molecule has 0 bridgehead atoms. The number of rotatable bonds is 1. The number of carbonyl (C=O) groups excluding carboxylic acids is 4. The van der Waals surface area contributed by atoms with E-state index in [4.69, 9.17) is 0 Å². The molecule has 0 aliphatic carbocycles. The molecule has 0 spiro atoms. The van der Waals surface area contributed by atoms with Gasteiger partial charge >= 0.3 is 0 Å². The van der Waals surface area contributed by atoms with E-state index >= 15 is 0 Å². The maximum atomic E-state index is 11.8. The molecule has 86 valence electrons. The van der Waals surface area contributed by atoms with Crippen LogP contribution in [-0.2, 0) is 14.4 Å². The highest BCUT2D eigenvalue weighted by Crippen LogP contribution is 2.15. The highest BCUT2D eigenvalue weighted by molar-refractivity contribution is 8.14.